The number of anilines is 1. The van der Waals surface area contributed by atoms with Crippen LogP contribution in [0.4, 0.5) is 24.5 Å². The fourth-order valence-corrected chi connectivity index (χ4v) is 1.33. The number of nitro benzene ring substituents is 1. The van der Waals surface area contributed by atoms with Crippen LogP contribution in [0.25, 0.3) is 0 Å². The minimum atomic E-state index is -4.35. The SMILES string of the molecule is CN(C)c1ccc(OCCC(F)(F)F)c([N+](=O)[O-])c1. The van der Waals surface area contributed by atoms with Crippen molar-refractivity contribution in [2.24, 2.45) is 0 Å². The number of hydrogen-bond acceptors (Lipinski definition) is 4. The monoisotopic (exact) mass is 278 g/mol. The lowest BCUT2D eigenvalue weighted by molar-refractivity contribution is -0.385. The van der Waals surface area contributed by atoms with E-state index in [1.165, 1.54) is 18.2 Å². The van der Waals surface area contributed by atoms with E-state index in [0.29, 0.717) is 5.69 Å². The van der Waals surface area contributed by atoms with Gasteiger partial charge in [0.05, 0.1) is 18.0 Å². The fourth-order valence-electron chi connectivity index (χ4n) is 1.33. The molecule has 0 aliphatic carbocycles. The van der Waals surface area contributed by atoms with Crippen LogP contribution in [0.1, 0.15) is 6.42 Å². The molecule has 0 spiro atoms. The number of benzene rings is 1. The van der Waals surface area contributed by atoms with Crippen LogP contribution in [0, 0.1) is 10.1 Å². The van der Waals surface area contributed by atoms with E-state index in [1.807, 2.05) is 0 Å². The lowest BCUT2D eigenvalue weighted by atomic mass is 10.2. The minimum absolute atomic E-state index is 0.167. The van der Waals surface area contributed by atoms with Gasteiger partial charge in [0.15, 0.2) is 5.75 Å². The van der Waals surface area contributed by atoms with E-state index < -0.39 is 24.1 Å². The maximum absolute atomic E-state index is 12.0. The number of ether oxygens (including phenoxy) is 1. The summed E-state index contributed by atoms with van der Waals surface area (Å²) in [7, 11) is 3.40. The molecule has 0 amide bonds. The Balaban J connectivity index is 2.86. The van der Waals surface area contributed by atoms with Crippen LogP contribution >= 0.6 is 0 Å². The fraction of sp³-hybridized carbons (Fsp3) is 0.455. The zero-order chi connectivity index (χ0) is 14.6. The summed E-state index contributed by atoms with van der Waals surface area (Å²) in [5.41, 5.74) is 0.211. The Morgan fingerprint density at radius 3 is 2.47 bits per heavy atom. The second-order valence-electron chi connectivity index (χ2n) is 4.02. The lowest BCUT2D eigenvalue weighted by Gasteiger charge is -2.14. The van der Waals surface area contributed by atoms with Gasteiger partial charge in [0.2, 0.25) is 0 Å². The van der Waals surface area contributed by atoms with Crippen LogP contribution in [0.15, 0.2) is 18.2 Å². The summed E-state index contributed by atoms with van der Waals surface area (Å²) in [5.74, 6) is -0.167. The maximum Gasteiger partial charge on any atom is 0.392 e. The van der Waals surface area contributed by atoms with Crippen molar-refractivity contribution in [3.05, 3.63) is 28.3 Å². The first-order valence-corrected chi connectivity index (χ1v) is 5.36. The first-order valence-electron chi connectivity index (χ1n) is 5.36. The molecule has 0 fully saturated rings. The molecule has 1 aromatic carbocycles. The molecule has 0 heterocycles. The predicted molar refractivity (Wildman–Crippen MR) is 63.6 cm³/mol. The molecule has 106 valence electrons. The molecule has 0 unspecified atom stereocenters. The Morgan fingerprint density at radius 1 is 1.37 bits per heavy atom. The maximum atomic E-state index is 12.0. The van der Waals surface area contributed by atoms with Gasteiger partial charge in [-0.05, 0) is 12.1 Å². The van der Waals surface area contributed by atoms with Gasteiger partial charge in [0.25, 0.3) is 0 Å². The highest BCUT2D eigenvalue weighted by atomic mass is 19.4. The van der Waals surface area contributed by atoms with Gasteiger partial charge >= 0.3 is 11.9 Å². The molecule has 0 atom stereocenters. The van der Waals surface area contributed by atoms with Crippen molar-refractivity contribution in [3.63, 3.8) is 0 Å². The number of nitrogens with zero attached hydrogens (tertiary/aromatic N) is 2. The number of rotatable bonds is 5. The second kappa shape index (κ2) is 5.77. The normalized spacial score (nSPS) is 11.2. The van der Waals surface area contributed by atoms with Crippen LogP contribution < -0.4 is 9.64 Å². The predicted octanol–water partition coefficient (Wildman–Crippen LogP) is 2.99. The van der Waals surface area contributed by atoms with Gasteiger partial charge in [0, 0.05) is 25.8 Å². The molecule has 0 N–H and O–H groups in total. The minimum Gasteiger partial charge on any atom is -0.486 e. The average Bonchev–Trinajstić information content (AvgIpc) is 2.27. The third-order valence-corrected chi connectivity index (χ3v) is 2.30. The number of hydrogen-bond donors (Lipinski definition) is 0. The molecule has 8 heteroatoms. The molecule has 1 rings (SSSR count). The summed E-state index contributed by atoms with van der Waals surface area (Å²) in [4.78, 5) is 11.8. The van der Waals surface area contributed by atoms with Crippen LogP contribution in [0.3, 0.4) is 0 Å². The summed E-state index contributed by atoms with van der Waals surface area (Å²) < 4.78 is 40.7. The van der Waals surface area contributed by atoms with Gasteiger partial charge in [-0.3, -0.25) is 10.1 Å². The van der Waals surface area contributed by atoms with Crippen LogP contribution in [-0.4, -0.2) is 31.8 Å². The Labute approximate surface area is 107 Å². The Kier molecular flexibility index (Phi) is 4.57. The number of nitro groups is 1. The van der Waals surface area contributed by atoms with Crippen LogP contribution in [0.5, 0.6) is 5.75 Å². The summed E-state index contributed by atoms with van der Waals surface area (Å²) in [6.45, 7) is -0.647. The summed E-state index contributed by atoms with van der Waals surface area (Å²) in [6, 6.07) is 4.09. The van der Waals surface area contributed by atoms with Crippen molar-refractivity contribution in [2.45, 2.75) is 12.6 Å². The second-order valence-corrected chi connectivity index (χ2v) is 4.02. The molecule has 0 saturated carbocycles. The third kappa shape index (κ3) is 4.65. The van der Waals surface area contributed by atoms with Crippen molar-refractivity contribution in [1.29, 1.82) is 0 Å². The molecule has 19 heavy (non-hydrogen) atoms. The topological polar surface area (TPSA) is 55.6 Å². The average molecular weight is 278 g/mol. The Hall–Kier alpha value is -1.99. The molecular weight excluding hydrogens is 265 g/mol. The van der Waals surface area contributed by atoms with Crippen LogP contribution in [-0.2, 0) is 0 Å². The zero-order valence-electron chi connectivity index (χ0n) is 10.4. The highest BCUT2D eigenvalue weighted by Crippen LogP contribution is 2.31. The van der Waals surface area contributed by atoms with Gasteiger partial charge in [0.1, 0.15) is 0 Å². The van der Waals surface area contributed by atoms with E-state index in [0.717, 1.165) is 0 Å². The summed E-state index contributed by atoms with van der Waals surface area (Å²) >= 11 is 0. The summed E-state index contributed by atoms with van der Waals surface area (Å²) in [5, 5.41) is 10.8. The molecule has 1 aromatic rings. The van der Waals surface area contributed by atoms with Crippen LogP contribution in [0.2, 0.25) is 0 Å². The van der Waals surface area contributed by atoms with Crippen molar-refractivity contribution < 1.29 is 22.8 Å². The highest BCUT2D eigenvalue weighted by molar-refractivity contribution is 5.59. The van der Waals surface area contributed by atoms with Crippen molar-refractivity contribution in [1.82, 2.24) is 0 Å². The standard InChI is InChI=1S/C11H13F3N2O3/c1-15(2)8-3-4-10(9(7-8)16(17)18)19-6-5-11(12,13)14/h3-4,7H,5-6H2,1-2H3. The van der Waals surface area contributed by atoms with Crippen molar-refractivity contribution in [2.75, 3.05) is 25.6 Å². The van der Waals surface area contributed by atoms with Gasteiger partial charge < -0.3 is 9.64 Å². The first-order chi connectivity index (χ1) is 8.70. The summed E-state index contributed by atoms with van der Waals surface area (Å²) in [6.07, 6.45) is -5.50. The molecule has 0 aromatic heterocycles. The van der Waals surface area contributed by atoms with Gasteiger partial charge in [-0.15, -0.1) is 0 Å². The van der Waals surface area contributed by atoms with E-state index >= 15 is 0 Å². The number of alkyl halides is 3. The van der Waals surface area contributed by atoms with Gasteiger partial charge in [-0.2, -0.15) is 13.2 Å². The molecular formula is C11H13F3N2O3. The van der Waals surface area contributed by atoms with E-state index in [-0.39, 0.29) is 11.4 Å². The third-order valence-electron chi connectivity index (χ3n) is 2.30. The van der Waals surface area contributed by atoms with Gasteiger partial charge in [-0.1, -0.05) is 0 Å². The Bertz CT molecular complexity index is 461. The molecule has 5 nitrogen and oxygen atoms in total. The van der Waals surface area contributed by atoms with E-state index in [9.17, 15) is 23.3 Å². The van der Waals surface area contributed by atoms with Crippen molar-refractivity contribution in [3.8, 4) is 5.75 Å². The smallest absolute Gasteiger partial charge is 0.392 e. The van der Waals surface area contributed by atoms with E-state index in [1.54, 1.807) is 19.0 Å². The lowest BCUT2D eigenvalue weighted by Crippen LogP contribution is -2.14. The highest BCUT2D eigenvalue weighted by Gasteiger charge is 2.27. The van der Waals surface area contributed by atoms with Gasteiger partial charge in [-0.25, -0.2) is 0 Å². The molecule has 0 bridgehead atoms. The quantitative estimate of drug-likeness (QED) is 0.613. The molecule has 0 saturated heterocycles. The molecule has 0 aliphatic rings. The largest absolute Gasteiger partial charge is 0.486 e. The first kappa shape index (κ1) is 15.1. The molecule has 0 radical (unpaired) electrons. The van der Waals surface area contributed by atoms with E-state index in [2.05, 4.69) is 0 Å². The van der Waals surface area contributed by atoms with E-state index in [4.69, 9.17) is 4.74 Å². The molecule has 0 aliphatic heterocycles. The zero-order valence-corrected chi connectivity index (χ0v) is 10.4. The Morgan fingerprint density at radius 2 is 2.00 bits per heavy atom. The van der Waals surface area contributed by atoms with Crippen molar-refractivity contribution >= 4 is 11.4 Å². The number of halogens is 3.